The van der Waals surface area contributed by atoms with Crippen molar-refractivity contribution < 1.29 is 19.1 Å². The lowest BCUT2D eigenvalue weighted by Crippen LogP contribution is -2.42. The highest BCUT2D eigenvalue weighted by atomic mass is 16.5. The fourth-order valence-electron chi connectivity index (χ4n) is 1.72. The van der Waals surface area contributed by atoms with Crippen LogP contribution < -0.4 is 0 Å². The van der Waals surface area contributed by atoms with Crippen molar-refractivity contribution in [2.24, 2.45) is 0 Å². The molecule has 5 heteroatoms. The molecule has 0 aromatic carbocycles. The highest BCUT2D eigenvalue weighted by Crippen LogP contribution is 2.18. The van der Waals surface area contributed by atoms with E-state index in [-0.39, 0.29) is 18.5 Å². The standard InChI is InChI=1S/C10H17NO4/c1-3-15-7-9(12)11-6-4-5-8(11)10(13)14-2/h8H,3-7H2,1-2H3. The van der Waals surface area contributed by atoms with Gasteiger partial charge in [-0.15, -0.1) is 0 Å². The first kappa shape index (κ1) is 12.0. The van der Waals surface area contributed by atoms with Crippen LogP contribution in [0.15, 0.2) is 0 Å². The quantitative estimate of drug-likeness (QED) is 0.628. The molecule has 1 rings (SSSR count). The summed E-state index contributed by atoms with van der Waals surface area (Å²) in [5, 5.41) is 0. The molecule has 0 aromatic heterocycles. The summed E-state index contributed by atoms with van der Waals surface area (Å²) >= 11 is 0. The van der Waals surface area contributed by atoms with Crippen LogP contribution in [0.25, 0.3) is 0 Å². The van der Waals surface area contributed by atoms with Gasteiger partial charge in [0.05, 0.1) is 7.11 Å². The van der Waals surface area contributed by atoms with E-state index < -0.39 is 6.04 Å². The van der Waals surface area contributed by atoms with Gasteiger partial charge in [0, 0.05) is 13.2 Å². The molecule has 1 fully saturated rings. The minimum Gasteiger partial charge on any atom is -0.467 e. The second-order valence-corrected chi connectivity index (χ2v) is 3.41. The molecule has 0 spiro atoms. The first-order valence-electron chi connectivity index (χ1n) is 5.15. The lowest BCUT2D eigenvalue weighted by Gasteiger charge is -2.22. The molecule has 0 saturated carbocycles. The number of hydrogen-bond acceptors (Lipinski definition) is 4. The van der Waals surface area contributed by atoms with Crippen molar-refractivity contribution in [2.45, 2.75) is 25.8 Å². The predicted octanol–water partition coefficient (Wildman–Crippen LogP) is 0.187. The molecule has 1 saturated heterocycles. The van der Waals surface area contributed by atoms with Crippen LogP contribution in [0.1, 0.15) is 19.8 Å². The molecule has 86 valence electrons. The second kappa shape index (κ2) is 5.70. The molecular weight excluding hydrogens is 198 g/mol. The van der Waals surface area contributed by atoms with Crippen molar-refractivity contribution in [3.05, 3.63) is 0 Å². The van der Waals surface area contributed by atoms with Crippen LogP contribution in [-0.4, -0.2) is 49.7 Å². The van der Waals surface area contributed by atoms with E-state index in [2.05, 4.69) is 4.74 Å². The Morgan fingerprint density at radius 2 is 2.20 bits per heavy atom. The SMILES string of the molecule is CCOCC(=O)N1CCCC1C(=O)OC. The van der Waals surface area contributed by atoms with Crippen LogP contribution in [-0.2, 0) is 19.1 Å². The van der Waals surface area contributed by atoms with Crippen molar-refractivity contribution in [2.75, 3.05) is 26.9 Å². The molecule has 1 unspecified atom stereocenters. The molecule has 5 nitrogen and oxygen atoms in total. The van der Waals surface area contributed by atoms with Crippen LogP contribution in [0.5, 0.6) is 0 Å². The van der Waals surface area contributed by atoms with Crippen LogP contribution in [0, 0.1) is 0 Å². The summed E-state index contributed by atoms with van der Waals surface area (Å²) in [4.78, 5) is 24.5. The average Bonchev–Trinajstić information content (AvgIpc) is 2.73. The average molecular weight is 215 g/mol. The van der Waals surface area contributed by atoms with E-state index in [9.17, 15) is 9.59 Å². The molecule has 1 amide bonds. The normalized spacial score (nSPS) is 20.4. The van der Waals surface area contributed by atoms with Gasteiger partial charge in [-0.2, -0.15) is 0 Å². The van der Waals surface area contributed by atoms with Gasteiger partial charge in [0.1, 0.15) is 12.6 Å². The number of carbonyl (C=O) groups is 2. The van der Waals surface area contributed by atoms with E-state index in [1.54, 1.807) is 4.90 Å². The predicted molar refractivity (Wildman–Crippen MR) is 53.2 cm³/mol. The van der Waals surface area contributed by atoms with E-state index in [4.69, 9.17) is 4.74 Å². The number of hydrogen-bond donors (Lipinski definition) is 0. The summed E-state index contributed by atoms with van der Waals surface area (Å²) in [5.41, 5.74) is 0. The molecule has 0 aromatic rings. The van der Waals surface area contributed by atoms with Gasteiger partial charge in [0.25, 0.3) is 0 Å². The van der Waals surface area contributed by atoms with E-state index in [0.29, 0.717) is 19.6 Å². The lowest BCUT2D eigenvalue weighted by atomic mass is 10.2. The Balaban J connectivity index is 2.52. The number of methoxy groups -OCH3 is 1. The van der Waals surface area contributed by atoms with Gasteiger partial charge in [-0.3, -0.25) is 4.79 Å². The van der Waals surface area contributed by atoms with Gasteiger partial charge >= 0.3 is 5.97 Å². The summed E-state index contributed by atoms with van der Waals surface area (Å²) in [5.74, 6) is -0.470. The minimum atomic E-state index is -0.414. The third-order valence-electron chi connectivity index (χ3n) is 2.48. The highest BCUT2D eigenvalue weighted by molar-refractivity contribution is 5.85. The number of rotatable bonds is 4. The molecular formula is C10H17NO4. The van der Waals surface area contributed by atoms with Gasteiger partial charge in [0.2, 0.25) is 5.91 Å². The van der Waals surface area contributed by atoms with E-state index in [1.165, 1.54) is 7.11 Å². The Hall–Kier alpha value is -1.10. The first-order valence-corrected chi connectivity index (χ1v) is 5.15. The van der Waals surface area contributed by atoms with Gasteiger partial charge < -0.3 is 14.4 Å². The van der Waals surface area contributed by atoms with E-state index in [1.807, 2.05) is 6.92 Å². The first-order chi connectivity index (χ1) is 7.20. The van der Waals surface area contributed by atoms with Gasteiger partial charge in [-0.05, 0) is 19.8 Å². The van der Waals surface area contributed by atoms with Crippen molar-refractivity contribution in [3.63, 3.8) is 0 Å². The Kier molecular flexibility index (Phi) is 4.55. The van der Waals surface area contributed by atoms with Crippen molar-refractivity contribution in [1.82, 2.24) is 4.90 Å². The number of nitrogens with zero attached hydrogens (tertiary/aromatic N) is 1. The summed E-state index contributed by atoms with van der Waals surface area (Å²) in [6.07, 6.45) is 1.53. The molecule has 0 aliphatic carbocycles. The Labute approximate surface area is 89.3 Å². The van der Waals surface area contributed by atoms with Crippen LogP contribution >= 0.6 is 0 Å². The van der Waals surface area contributed by atoms with Crippen LogP contribution in [0.4, 0.5) is 0 Å². The fourth-order valence-corrected chi connectivity index (χ4v) is 1.72. The minimum absolute atomic E-state index is 0.0456. The van der Waals surface area contributed by atoms with Crippen molar-refractivity contribution in [1.29, 1.82) is 0 Å². The van der Waals surface area contributed by atoms with Crippen molar-refractivity contribution in [3.8, 4) is 0 Å². The number of esters is 1. The number of likely N-dealkylation sites (tertiary alicyclic amines) is 1. The monoisotopic (exact) mass is 215 g/mol. The number of ether oxygens (including phenoxy) is 2. The lowest BCUT2D eigenvalue weighted by molar-refractivity contribution is -0.152. The topological polar surface area (TPSA) is 55.8 Å². The summed E-state index contributed by atoms with van der Waals surface area (Å²) in [6, 6.07) is -0.414. The molecule has 0 N–H and O–H groups in total. The molecule has 1 aliphatic heterocycles. The third-order valence-corrected chi connectivity index (χ3v) is 2.48. The van der Waals surface area contributed by atoms with Gasteiger partial charge in [-0.25, -0.2) is 4.79 Å². The molecule has 15 heavy (non-hydrogen) atoms. The molecule has 0 radical (unpaired) electrons. The van der Waals surface area contributed by atoms with Crippen LogP contribution in [0.2, 0.25) is 0 Å². The Morgan fingerprint density at radius 1 is 1.47 bits per heavy atom. The largest absolute Gasteiger partial charge is 0.467 e. The summed E-state index contributed by atoms with van der Waals surface area (Å²) in [7, 11) is 1.34. The zero-order valence-electron chi connectivity index (χ0n) is 9.19. The maximum absolute atomic E-state index is 11.6. The summed E-state index contributed by atoms with van der Waals surface area (Å²) < 4.78 is 9.67. The molecule has 1 heterocycles. The van der Waals surface area contributed by atoms with Crippen molar-refractivity contribution >= 4 is 11.9 Å². The maximum atomic E-state index is 11.6. The van der Waals surface area contributed by atoms with Gasteiger partial charge in [-0.1, -0.05) is 0 Å². The zero-order chi connectivity index (χ0) is 11.3. The Bertz CT molecular complexity index is 242. The Morgan fingerprint density at radius 3 is 2.80 bits per heavy atom. The molecule has 0 bridgehead atoms. The number of carbonyl (C=O) groups excluding carboxylic acids is 2. The molecule has 1 atom stereocenters. The van der Waals surface area contributed by atoms with E-state index in [0.717, 1.165) is 6.42 Å². The fraction of sp³-hybridized carbons (Fsp3) is 0.800. The van der Waals surface area contributed by atoms with Crippen LogP contribution in [0.3, 0.4) is 0 Å². The molecule has 1 aliphatic rings. The number of amides is 1. The third kappa shape index (κ3) is 2.92. The smallest absolute Gasteiger partial charge is 0.328 e. The second-order valence-electron chi connectivity index (χ2n) is 3.41. The summed E-state index contributed by atoms with van der Waals surface area (Å²) in [6.45, 7) is 2.99. The maximum Gasteiger partial charge on any atom is 0.328 e. The van der Waals surface area contributed by atoms with Gasteiger partial charge in [0.15, 0.2) is 0 Å². The van der Waals surface area contributed by atoms with E-state index >= 15 is 0 Å². The zero-order valence-corrected chi connectivity index (χ0v) is 9.19. The highest BCUT2D eigenvalue weighted by Gasteiger charge is 2.34.